The Labute approximate surface area is 225 Å². The zero-order valence-electron chi connectivity index (χ0n) is 21.1. The lowest BCUT2D eigenvalue weighted by molar-refractivity contribution is -0.278. The lowest BCUT2D eigenvalue weighted by Crippen LogP contribution is -2.60. The topological polar surface area (TPSA) is 180 Å². The van der Waals surface area contributed by atoms with Crippen LogP contribution in [0.3, 0.4) is 0 Å². The zero-order chi connectivity index (χ0) is 29.6. The van der Waals surface area contributed by atoms with Crippen LogP contribution in [-0.4, -0.2) is 87.4 Å². The van der Waals surface area contributed by atoms with E-state index in [1.54, 1.807) is 18.2 Å². The van der Waals surface area contributed by atoms with Crippen molar-refractivity contribution in [2.24, 2.45) is 10.3 Å². The summed E-state index contributed by atoms with van der Waals surface area (Å²) in [4.78, 5) is 17.1. The van der Waals surface area contributed by atoms with Gasteiger partial charge in [0.05, 0.1) is 25.0 Å². The molecule has 0 bridgehead atoms. The third-order valence-corrected chi connectivity index (χ3v) is 5.97. The number of aliphatic hydroxyl groups excluding tert-OH is 4. The molecule has 5 N–H and O–H groups in total. The van der Waals surface area contributed by atoms with Crippen molar-refractivity contribution >= 4 is 17.4 Å². The summed E-state index contributed by atoms with van der Waals surface area (Å²) in [5.74, 6) is -1.65. The number of carbonyl (C=O) groups is 1. The predicted octanol–water partition coefficient (Wildman–Crippen LogP) is 1.18. The van der Waals surface area contributed by atoms with Gasteiger partial charge in [-0.2, -0.15) is 13.2 Å². The van der Waals surface area contributed by atoms with Gasteiger partial charge in [0, 0.05) is 11.1 Å². The van der Waals surface area contributed by atoms with Crippen LogP contribution in [0.15, 0.2) is 52.8 Å². The highest BCUT2D eigenvalue weighted by Crippen LogP contribution is 2.38. The summed E-state index contributed by atoms with van der Waals surface area (Å²) in [7, 11) is 1.11. The number of ether oxygens (including phenoxy) is 3. The smallest absolute Gasteiger partial charge is 0.419 e. The normalized spacial score (nSPS) is 24.0. The lowest BCUT2D eigenvalue weighted by Gasteiger charge is -2.39. The second kappa shape index (κ2) is 13.1. The quantitative estimate of drug-likeness (QED) is 0.127. The summed E-state index contributed by atoms with van der Waals surface area (Å²) in [5, 5.41) is 55.2. The monoisotopic (exact) mass is 572 g/mol. The number of nitrogens with zero attached hydrogens (tertiary/aromatic N) is 2. The third kappa shape index (κ3) is 6.86. The Hall–Kier alpha value is -3.76. The van der Waals surface area contributed by atoms with Gasteiger partial charge in [0.15, 0.2) is 5.71 Å². The van der Waals surface area contributed by atoms with E-state index in [0.717, 1.165) is 19.2 Å². The second-order valence-electron chi connectivity index (χ2n) is 8.57. The zero-order valence-corrected chi connectivity index (χ0v) is 21.1. The largest absolute Gasteiger partial charge is 0.464 e. The molecule has 2 aromatic carbocycles. The van der Waals surface area contributed by atoms with E-state index in [9.17, 15) is 43.6 Å². The molecular weight excluding hydrogens is 545 g/mol. The van der Waals surface area contributed by atoms with E-state index in [-0.39, 0.29) is 29.2 Å². The Morgan fingerprint density at radius 1 is 1.07 bits per heavy atom. The molecular formula is C25H27F3N2O10. The molecule has 1 aliphatic rings. The van der Waals surface area contributed by atoms with Gasteiger partial charge in [-0.25, -0.2) is 4.79 Å². The van der Waals surface area contributed by atoms with E-state index in [0.29, 0.717) is 5.56 Å². The molecule has 218 valence electrons. The second-order valence-corrected chi connectivity index (χ2v) is 8.57. The first kappa shape index (κ1) is 30.8. The number of rotatable bonds is 9. The molecule has 0 unspecified atom stereocenters. The fraction of sp³-hybridized carbons (Fsp3) is 0.400. The highest BCUT2D eigenvalue weighted by Gasteiger charge is 2.45. The number of carbonyl (C=O) groups excluding carboxylic acids is 1. The first-order valence-corrected chi connectivity index (χ1v) is 11.7. The van der Waals surface area contributed by atoms with Gasteiger partial charge in [-0.1, -0.05) is 34.6 Å². The number of halogens is 3. The molecule has 12 nitrogen and oxygen atoms in total. The molecule has 2 aromatic rings. The van der Waals surface area contributed by atoms with E-state index < -0.39 is 60.8 Å². The van der Waals surface area contributed by atoms with Crippen LogP contribution in [0, 0.1) is 0 Å². The molecule has 0 saturated carbocycles. The molecule has 1 aliphatic heterocycles. The molecule has 0 spiro atoms. The highest BCUT2D eigenvalue weighted by molar-refractivity contribution is 6.43. The third-order valence-electron chi connectivity index (χ3n) is 5.97. The fourth-order valence-corrected chi connectivity index (χ4v) is 3.80. The fourth-order valence-electron chi connectivity index (χ4n) is 3.80. The maximum absolute atomic E-state index is 13.9. The van der Waals surface area contributed by atoms with Crippen LogP contribution in [0.1, 0.15) is 29.2 Å². The maximum Gasteiger partial charge on any atom is 0.419 e. The Morgan fingerprint density at radius 3 is 2.40 bits per heavy atom. The summed E-state index contributed by atoms with van der Waals surface area (Å²) in [6, 6.07) is 9.14. The van der Waals surface area contributed by atoms with Gasteiger partial charge in [-0.15, -0.1) is 0 Å². The number of aliphatic hydroxyl groups is 4. The highest BCUT2D eigenvalue weighted by atomic mass is 19.4. The Kier molecular flexibility index (Phi) is 10.1. The first-order valence-electron chi connectivity index (χ1n) is 11.7. The average Bonchev–Trinajstić information content (AvgIpc) is 2.93. The van der Waals surface area contributed by atoms with Crippen molar-refractivity contribution in [3.05, 3.63) is 64.7 Å². The van der Waals surface area contributed by atoms with E-state index in [1.807, 2.05) is 0 Å². The number of oxime groups is 2. The van der Waals surface area contributed by atoms with Crippen LogP contribution in [-0.2, 0) is 31.9 Å². The van der Waals surface area contributed by atoms with Gasteiger partial charge >= 0.3 is 12.1 Å². The summed E-state index contributed by atoms with van der Waals surface area (Å²) in [5.41, 5.74) is -1.05. The standard InChI is InChI=1S/C25H27F3N2O10/c1-12(30-38-11-14-5-3-4-6-15(14)19(29-36)23(35)37-2)13-7-8-17(16(9-13)25(26,27)28)39-24-22(34)21(33)20(32)18(10-31)40-24/h3-9,18,20-22,24,31-34,36H,10-11H2,1-2H3/b29-19+,30-12-/t18-,20-,21+,22-,24-/m1/s1. The number of alkyl halides is 3. The Bertz CT molecular complexity index is 1250. The van der Waals surface area contributed by atoms with Crippen molar-refractivity contribution in [3.63, 3.8) is 0 Å². The molecule has 5 atom stereocenters. The minimum atomic E-state index is -4.92. The number of hydrogen-bond acceptors (Lipinski definition) is 12. The van der Waals surface area contributed by atoms with Gasteiger partial charge in [0.2, 0.25) is 6.29 Å². The van der Waals surface area contributed by atoms with Crippen molar-refractivity contribution in [3.8, 4) is 5.75 Å². The van der Waals surface area contributed by atoms with E-state index in [4.69, 9.17) is 14.3 Å². The van der Waals surface area contributed by atoms with Gasteiger partial charge in [-0.3, -0.25) is 0 Å². The van der Waals surface area contributed by atoms with E-state index in [1.165, 1.54) is 19.1 Å². The average molecular weight is 572 g/mol. The SMILES string of the molecule is COC(=O)/C(=N/O)c1ccccc1CO/N=C(/C)c1ccc(O[C@@H]2O[C@H](CO)[C@@H](O)[C@H](O)[C@H]2O)c(C(F)(F)F)c1. The summed E-state index contributed by atoms with van der Waals surface area (Å²) in [6.45, 7) is 0.356. The Morgan fingerprint density at radius 2 is 1.77 bits per heavy atom. The van der Waals surface area contributed by atoms with Crippen LogP contribution in [0.2, 0.25) is 0 Å². The summed E-state index contributed by atoms with van der Waals surface area (Å²) >= 11 is 0. The molecule has 1 saturated heterocycles. The van der Waals surface area contributed by atoms with Crippen molar-refractivity contribution < 1.29 is 62.6 Å². The van der Waals surface area contributed by atoms with Crippen LogP contribution < -0.4 is 4.74 Å². The molecule has 40 heavy (non-hydrogen) atoms. The predicted molar refractivity (Wildman–Crippen MR) is 130 cm³/mol. The van der Waals surface area contributed by atoms with Crippen LogP contribution in [0.25, 0.3) is 0 Å². The minimum Gasteiger partial charge on any atom is -0.464 e. The molecule has 0 radical (unpaired) electrons. The summed E-state index contributed by atoms with van der Waals surface area (Å²) in [6.07, 6.45) is -13.6. The molecule has 0 aliphatic carbocycles. The molecule has 15 heteroatoms. The van der Waals surface area contributed by atoms with Crippen molar-refractivity contribution in [1.82, 2.24) is 0 Å². The van der Waals surface area contributed by atoms with Crippen molar-refractivity contribution in [2.75, 3.05) is 13.7 Å². The minimum absolute atomic E-state index is 0.00562. The van der Waals surface area contributed by atoms with Crippen molar-refractivity contribution in [2.45, 2.75) is 50.4 Å². The lowest BCUT2D eigenvalue weighted by atomic mass is 9.99. The van der Waals surface area contributed by atoms with Gasteiger partial charge in [0.25, 0.3) is 0 Å². The van der Waals surface area contributed by atoms with Gasteiger partial charge < -0.3 is 44.7 Å². The molecule has 0 amide bonds. The Balaban J connectivity index is 1.82. The molecule has 0 aromatic heterocycles. The van der Waals surface area contributed by atoms with Crippen LogP contribution in [0.4, 0.5) is 13.2 Å². The maximum atomic E-state index is 13.9. The van der Waals surface area contributed by atoms with Gasteiger partial charge in [-0.05, 0) is 30.7 Å². The first-order chi connectivity index (χ1) is 18.9. The number of hydrogen-bond donors (Lipinski definition) is 5. The number of esters is 1. The molecule has 1 heterocycles. The molecule has 3 rings (SSSR count). The van der Waals surface area contributed by atoms with Crippen LogP contribution in [0.5, 0.6) is 5.75 Å². The summed E-state index contributed by atoms with van der Waals surface area (Å²) < 4.78 is 56.6. The number of methoxy groups -OCH3 is 1. The number of benzene rings is 2. The van der Waals surface area contributed by atoms with E-state index in [2.05, 4.69) is 15.0 Å². The van der Waals surface area contributed by atoms with Crippen molar-refractivity contribution in [1.29, 1.82) is 0 Å². The molecule has 1 fully saturated rings. The van der Waals surface area contributed by atoms with Gasteiger partial charge in [0.1, 0.15) is 36.8 Å². The van der Waals surface area contributed by atoms with Crippen LogP contribution >= 0.6 is 0 Å². The van der Waals surface area contributed by atoms with E-state index >= 15 is 0 Å².